The molecule has 22 heteroatoms. The van der Waals surface area contributed by atoms with E-state index in [4.69, 9.17) is 24.4 Å². The molecular weight excluding hydrogens is 1000 g/mol. The highest BCUT2D eigenvalue weighted by molar-refractivity contribution is 7.33. The first kappa shape index (κ1) is 54.7. The van der Waals surface area contributed by atoms with Crippen molar-refractivity contribution in [3.8, 4) is 5.75 Å². The maximum absolute atomic E-state index is 16.4. The summed E-state index contributed by atoms with van der Waals surface area (Å²) in [5, 5.41) is 26.5. The highest BCUT2D eigenvalue weighted by Gasteiger charge is 2.48. The van der Waals surface area contributed by atoms with Crippen molar-refractivity contribution in [3.05, 3.63) is 191 Å². The molecule has 4 N–H and O–H groups in total. The number of aromatic nitrogens is 4. The summed E-state index contributed by atoms with van der Waals surface area (Å²) in [5.74, 6) is -7.84. The Hall–Kier alpha value is -7.02. The van der Waals surface area contributed by atoms with E-state index in [0.29, 0.717) is 31.6 Å². The maximum Gasteiger partial charge on any atom is 0.700 e. The number of aryl methyl sites for hydroxylation is 1. The van der Waals surface area contributed by atoms with E-state index >= 15 is 8.78 Å². The second-order valence-corrected chi connectivity index (χ2v) is 18.5. The molecule has 0 saturated carbocycles. The summed E-state index contributed by atoms with van der Waals surface area (Å²) >= 11 is 0. The number of ether oxygens (including phenoxy) is 2. The van der Waals surface area contributed by atoms with E-state index in [1.165, 1.54) is 54.6 Å². The number of likely N-dealkylation sites (tertiary alicyclic amines) is 1. The Morgan fingerprint density at radius 1 is 0.757 bits per heavy atom. The molecule has 2 unspecified atom stereocenters. The number of carbonyl (C=O) groups excluding carboxylic acids is 3. The molecular formula is C52H54F2N6O12P2+2. The van der Waals surface area contributed by atoms with Gasteiger partial charge < -0.3 is 24.8 Å². The number of rotatable bonds is 26. The van der Waals surface area contributed by atoms with Crippen LogP contribution in [0.15, 0.2) is 158 Å². The van der Waals surface area contributed by atoms with Crippen LogP contribution in [-0.4, -0.2) is 89.2 Å². The molecule has 5 aromatic carbocycles. The zero-order valence-electron chi connectivity index (χ0n) is 39.8. The number of nitrogens with one attached hydrogen (secondary N) is 1. The molecule has 4 atom stereocenters. The third-order valence-electron chi connectivity index (χ3n) is 12.2. The Labute approximate surface area is 426 Å². The molecule has 0 radical (unpaired) electrons. The number of esters is 1. The minimum absolute atomic E-state index is 0.131. The van der Waals surface area contributed by atoms with Crippen LogP contribution in [0.4, 0.5) is 13.6 Å². The van der Waals surface area contributed by atoms with Crippen LogP contribution in [0.3, 0.4) is 0 Å². The van der Waals surface area contributed by atoms with Gasteiger partial charge in [-0.2, -0.15) is 8.78 Å². The van der Waals surface area contributed by atoms with E-state index in [9.17, 15) is 28.6 Å². The Kier molecular flexibility index (Phi) is 19.1. The second-order valence-electron chi connectivity index (χ2n) is 17.1. The lowest BCUT2D eigenvalue weighted by molar-refractivity contribution is -0.277. The molecule has 18 nitrogen and oxygen atoms in total. The summed E-state index contributed by atoms with van der Waals surface area (Å²) in [6, 6.07) is 41.7. The molecule has 1 aliphatic rings. The number of hydrogen-bond donors (Lipinski definition) is 4. The quantitative estimate of drug-likeness (QED) is 0.00989. The number of unbranched alkanes of at least 4 members (excludes halogenated alkanes) is 3. The number of hydrogen-bond acceptors (Lipinski definition) is 13. The number of halogens is 2. The van der Waals surface area contributed by atoms with Gasteiger partial charge in [0.1, 0.15) is 11.3 Å². The Bertz CT molecular complexity index is 2760. The van der Waals surface area contributed by atoms with Crippen molar-refractivity contribution in [2.45, 2.75) is 87.4 Å². The predicted octanol–water partition coefficient (Wildman–Crippen LogP) is 9.03. The number of alkyl halides is 2. The standard InChI is InChI=1S/C52H52F2N6O12P2/c53-52(54,41-26-13-6-14-27-41)45(70-48(62)43-28-16-17-29-44(43)69-49(63)55-36-19-35-50(64,71-73(65)66)72-74(67)68)33-31-42-32-34-47(61)59(42)37-18-2-1-15-30-46-56-58-60(57-46)51(38-20-7-3-8-21-38,39-22-9-4-10-23-39)40-24-11-5-12-25-40/h3-14,16-17,20-29,31,33,42,45,64H,1-2,15,18-19,30,32,34-37H2,(H-2,55,63,65,66,67,68)/p+2/b33-31+/t42-,45+/m0/s1. The van der Waals surface area contributed by atoms with Gasteiger partial charge in [-0.3, -0.25) is 4.79 Å². The van der Waals surface area contributed by atoms with E-state index in [2.05, 4.69) is 61.1 Å². The van der Waals surface area contributed by atoms with Gasteiger partial charge in [-0.25, -0.2) is 9.59 Å². The molecule has 0 aliphatic carbocycles. The molecule has 2 heterocycles. The van der Waals surface area contributed by atoms with Crippen LogP contribution < -0.4 is 10.1 Å². The van der Waals surface area contributed by atoms with E-state index in [-0.39, 0.29) is 36.6 Å². The average molecular weight is 1050 g/mol. The van der Waals surface area contributed by atoms with E-state index in [1.807, 2.05) is 54.6 Å². The summed E-state index contributed by atoms with van der Waals surface area (Å²) in [7, 11) is -6.90. The van der Waals surface area contributed by atoms with Gasteiger partial charge in [-0.1, -0.05) is 152 Å². The Morgan fingerprint density at radius 2 is 1.30 bits per heavy atom. The van der Waals surface area contributed by atoms with Crippen molar-refractivity contribution in [1.82, 2.24) is 30.4 Å². The van der Waals surface area contributed by atoms with Gasteiger partial charge in [0, 0.05) is 47.0 Å². The Morgan fingerprint density at radius 3 is 1.88 bits per heavy atom. The number of para-hydroxylation sites is 1. The SMILES string of the molecule is O=C(NCCCC(O)(O[P+](=O)O)O[P+](=O)O)Oc1ccccc1C(=O)O[C@H](/C=C/[C@H]1CCC(=O)N1CCCCCCc1nnn(C(c2ccccc2)(c2ccccc2)c2ccccc2)n1)C(F)(F)c1ccccc1. The van der Waals surface area contributed by atoms with Crippen LogP contribution in [0.1, 0.15) is 89.8 Å². The number of nitrogens with zero attached hydrogens (tertiary/aromatic N) is 5. The van der Waals surface area contributed by atoms with E-state index in [1.54, 1.807) is 15.8 Å². The summed E-state index contributed by atoms with van der Waals surface area (Å²) in [5.41, 5.74) is 1.22. The molecule has 2 amide bonds. The van der Waals surface area contributed by atoms with Gasteiger partial charge >= 0.3 is 40.5 Å². The average Bonchev–Trinajstić information content (AvgIpc) is 4.01. The first-order valence-electron chi connectivity index (χ1n) is 23.8. The largest absolute Gasteiger partial charge is 0.700 e. The summed E-state index contributed by atoms with van der Waals surface area (Å²) < 4.78 is 74.2. The fourth-order valence-electron chi connectivity index (χ4n) is 8.72. The third kappa shape index (κ3) is 14.0. The van der Waals surface area contributed by atoms with Crippen LogP contribution in [0.25, 0.3) is 0 Å². The molecule has 1 aliphatic heterocycles. The van der Waals surface area contributed by atoms with Crippen LogP contribution in [0.2, 0.25) is 0 Å². The second kappa shape index (κ2) is 25.8. The van der Waals surface area contributed by atoms with Crippen LogP contribution in [-0.2, 0) is 45.6 Å². The molecule has 0 bridgehead atoms. The third-order valence-corrected chi connectivity index (χ3v) is 13.1. The summed E-state index contributed by atoms with van der Waals surface area (Å²) in [6.07, 6.45) is 2.43. The molecule has 386 valence electrons. The van der Waals surface area contributed by atoms with E-state index < -0.39 is 70.1 Å². The van der Waals surface area contributed by atoms with Gasteiger partial charge in [-0.15, -0.1) is 24.8 Å². The fourth-order valence-corrected chi connectivity index (χ4v) is 9.52. The van der Waals surface area contributed by atoms with Crippen molar-refractivity contribution < 1.29 is 65.7 Å². The van der Waals surface area contributed by atoms with E-state index in [0.717, 1.165) is 42.0 Å². The smallest absolute Gasteiger partial charge is 0.448 e. The fraction of sp³-hybridized carbons (Fsp3) is 0.308. The maximum atomic E-state index is 16.4. The first-order valence-corrected chi connectivity index (χ1v) is 26.0. The number of aliphatic hydroxyl groups is 1. The van der Waals surface area contributed by atoms with Gasteiger partial charge in [0.15, 0.2) is 17.5 Å². The van der Waals surface area contributed by atoms with Crippen molar-refractivity contribution in [2.75, 3.05) is 13.1 Å². The summed E-state index contributed by atoms with van der Waals surface area (Å²) in [4.78, 5) is 60.9. The van der Waals surface area contributed by atoms with Gasteiger partial charge in [0.25, 0.3) is 0 Å². The predicted molar refractivity (Wildman–Crippen MR) is 264 cm³/mol. The molecule has 1 saturated heterocycles. The van der Waals surface area contributed by atoms with Crippen LogP contribution in [0, 0.1) is 0 Å². The first-order chi connectivity index (χ1) is 35.7. The zero-order chi connectivity index (χ0) is 52.6. The molecule has 1 aromatic heterocycles. The van der Waals surface area contributed by atoms with Gasteiger partial charge in [-0.05, 0) is 74.8 Å². The highest BCUT2D eigenvalue weighted by atomic mass is 31.1. The Balaban J connectivity index is 0.965. The molecule has 0 spiro atoms. The van der Waals surface area contributed by atoms with Crippen LogP contribution >= 0.6 is 16.5 Å². The van der Waals surface area contributed by atoms with Gasteiger partial charge in [0.05, 0.1) is 6.04 Å². The number of amides is 2. The molecule has 6 aromatic rings. The summed E-state index contributed by atoms with van der Waals surface area (Å²) in [6.45, 7) is 0.0747. The normalized spacial score (nSPS) is 15.6. The van der Waals surface area contributed by atoms with Gasteiger partial charge in [0.2, 0.25) is 5.91 Å². The van der Waals surface area contributed by atoms with Crippen molar-refractivity contribution >= 4 is 34.5 Å². The molecule has 7 rings (SSSR count). The molecule has 1 fully saturated rings. The van der Waals surface area contributed by atoms with Crippen LogP contribution in [0.5, 0.6) is 5.75 Å². The zero-order valence-corrected chi connectivity index (χ0v) is 41.6. The lowest BCUT2D eigenvalue weighted by atomic mass is 9.77. The minimum atomic E-state index is -3.76. The number of benzene rings is 5. The van der Waals surface area contributed by atoms with Crippen molar-refractivity contribution in [3.63, 3.8) is 0 Å². The minimum Gasteiger partial charge on any atom is -0.448 e. The lowest BCUT2D eigenvalue weighted by Crippen LogP contribution is -2.39. The topological polar surface area (TPSA) is 242 Å². The molecule has 74 heavy (non-hydrogen) atoms. The highest BCUT2D eigenvalue weighted by Crippen LogP contribution is 2.40. The monoisotopic (exact) mass is 1050 g/mol. The van der Waals surface area contributed by atoms with Crippen molar-refractivity contribution in [1.29, 1.82) is 0 Å². The number of carbonyl (C=O) groups is 3. The number of tetrazole rings is 1. The van der Waals surface area contributed by atoms with Crippen molar-refractivity contribution in [2.24, 2.45) is 0 Å². The lowest BCUT2D eigenvalue weighted by Gasteiger charge is -2.34.